The maximum absolute atomic E-state index is 12.6. The van der Waals surface area contributed by atoms with Crippen LogP contribution in [0, 0.1) is 0 Å². The van der Waals surface area contributed by atoms with Crippen molar-refractivity contribution < 1.29 is 30.7 Å². The van der Waals surface area contributed by atoms with Crippen LogP contribution in [0.15, 0.2) is 59.5 Å². The van der Waals surface area contributed by atoms with Gasteiger partial charge in [-0.2, -0.15) is 0 Å². The van der Waals surface area contributed by atoms with Crippen molar-refractivity contribution >= 4 is 33.8 Å². The molecule has 0 unspecified atom stereocenters. The minimum atomic E-state index is -3.70. The summed E-state index contributed by atoms with van der Waals surface area (Å²) in [5.41, 5.74) is -4.76. The molecule has 7 nitrogen and oxygen atoms in total. The SMILES string of the molecule is [2H]C([2H])([2H])C(c1cc(C=Cc2ccc(NS(C)(=O)=O)cc2C(=O)O)cc(-c2ccc[nH]c2=O)c1)(C([2H])([2H])[2H])C([2H])([2H])[2H]. The van der Waals surface area contributed by atoms with Crippen molar-refractivity contribution in [2.75, 3.05) is 11.0 Å². The first kappa shape index (κ1) is 14.5. The molecule has 172 valence electrons. The van der Waals surface area contributed by atoms with Crippen LogP contribution in [0.1, 0.15) is 59.9 Å². The number of hydrogen-bond donors (Lipinski definition) is 3. The van der Waals surface area contributed by atoms with Gasteiger partial charge >= 0.3 is 5.97 Å². The van der Waals surface area contributed by atoms with Gasteiger partial charge in [0.25, 0.3) is 5.56 Å². The molecule has 0 aliphatic carbocycles. The van der Waals surface area contributed by atoms with Crippen molar-refractivity contribution in [3.8, 4) is 11.1 Å². The fourth-order valence-electron chi connectivity index (χ4n) is 3.12. The lowest BCUT2D eigenvalue weighted by Gasteiger charge is -2.21. The minimum absolute atomic E-state index is 0.00745. The van der Waals surface area contributed by atoms with Crippen molar-refractivity contribution in [3.63, 3.8) is 0 Å². The number of carboxylic acid groups (broad SMARTS) is 1. The molecule has 0 saturated heterocycles. The largest absolute Gasteiger partial charge is 0.478 e. The number of hydrogen-bond acceptors (Lipinski definition) is 4. The molecule has 3 rings (SSSR count). The third-order valence-electron chi connectivity index (χ3n) is 4.56. The first-order valence-electron chi connectivity index (χ1n) is 14.0. The van der Waals surface area contributed by atoms with Gasteiger partial charge in [0.15, 0.2) is 0 Å². The highest BCUT2D eigenvalue weighted by Crippen LogP contribution is 2.29. The van der Waals surface area contributed by atoms with Crippen LogP contribution in [-0.2, 0) is 15.4 Å². The summed E-state index contributed by atoms with van der Waals surface area (Å²) >= 11 is 0. The normalized spacial score (nSPS) is 17.3. The van der Waals surface area contributed by atoms with Gasteiger partial charge in [0.1, 0.15) is 0 Å². The molecule has 3 N–H and O–H groups in total. The predicted octanol–water partition coefficient (Wildman–Crippen LogP) is 4.58. The molecule has 0 aliphatic heterocycles. The molecule has 0 saturated carbocycles. The molecule has 0 amide bonds. The van der Waals surface area contributed by atoms with Crippen molar-refractivity contribution in [1.29, 1.82) is 0 Å². The second kappa shape index (κ2) is 9.07. The molecule has 0 radical (unpaired) electrons. The van der Waals surface area contributed by atoms with E-state index in [4.69, 9.17) is 12.3 Å². The number of nitrogens with one attached hydrogen (secondary N) is 2. The van der Waals surface area contributed by atoms with Crippen LogP contribution in [0.4, 0.5) is 5.69 Å². The predicted molar refractivity (Wildman–Crippen MR) is 132 cm³/mol. The van der Waals surface area contributed by atoms with E-state index >= 15 is 0 Å². The standard InChI is InChI=1S/C25H26N2O5S/c1-25(2,3)19-13-16(12-18(14-19)21-6-5-11-26-23(21)28)7-8-17-9-10-20(27-33(4,31)32)15-22(17)24(29)30/h5-15,27H,1-4H3,(H,26,28)(H,29,30)/i1D3,2D3,3D3. The number of anilines is 1. The molecule has 1 heterocycles. The summed E-state index contributed by atoms with van der Waals surface area (Å²) in [4.78, 5) is 26.9. The fraction of sp³-hybridized carbons (Fsp3) is 0.200. The average Bonchev–Trinajstić information content (AvgIpc) is 2.79. The van der Waals surface area contributed by atoms with Crippen LogP contribution in [-0.4, -0.2) is 30.7 Å². The molecular formula is C25H26N2O5S. The molecule has 33 heavy (non-hydrogen) atoms. The number of carbonyl (C=O) groups is 1. The molecule has 8 heteroatoms. The van der Waals surface area contributed by atoms with E-state index < -0.39 is 53.1 Å². The lowest BCUT2D eigenvalue weighted by molar-refractivity contribution is 0.0696. The Kier molecular flexibility index (Phi) is 3.98. The van der Waals surface area contributed by atoms with E-state index in [-0.39, 0.29) is 33.5 Å². The van der Waals surface area contributed by atoms with Crippen LogP contribution >= 0.6 is 0 Å². The molecular weight excluding hydrogens is 440 g/mol. The zero-order valence-electron chi connectivity index (χ0n) is 26.3. The third-order valence-corrected chi connectivity index (χ3v) is 5.17. The van der Waals surface area contributed by atoms with Gasteiger partial charge in [0.2, 0.25) is 10.0 Å². The highest BCUT2D eigenvalue weighted by molar-refractivity contribution is 7.92. The van der Waals surface area contributed by atoms with E-state index in [9.17, 15) is 23.1 Å². The lowest BCUT2D eigenvalue weighted by Crippen LogP contribution is -2.13. The molecule has 0 fully saturated rings. The Labute approximate surface area is 205 Å². The van der Waals surface area contributed by atoms with Crippen LogP contribution in [0.3, 0.4) is 0 Å². The maximum Gasteiger partial charge on any atom is 0.336 e. The molecule has 3 aromatic rings. The second-order valence-electron chi connectivity index (χ2n) is 7.32. The second-order valence-corrected chi connectivity index (χ2v) is 9.07. The van der Waals surface area contributed by atoms with Gasteiger partial charge in [-0.1, -0.05) is 50.9 Å². The molecule has 2 aromatic carbocycles. The van der Waals surface area contributed by atoms with E-state index in [1.807, 2.05) is 0 Å². The summed E-state index contributed by atoms with van der Waals surface area (Å²) in [6.45, 7) is -10.7. The molecule has 0 atom stereocenters. The summed E-state index contributed by atoms with van der Waals surface area (Å²) in [6.07, 6.45) is 4.80. The van der Waals surface area contributed by atoms with Crippen molar-refractivity contribution in [2.24, 2.45) is 0 Å². The Morgan fingerprint density at radius 1 is 1.12 bits per heavy atom. The van der Waals surface area contributed by atoms with Crippen LogP contribution in [0.25, 0.3) is 23.3 Å². The molecule has 1 aromatic heterocycles. The van der Waals surface area contributed by atoms with Crippen LogP contribution in [0.5, 0.6) is 0 Å². The molecule has 0 aliphatic rings. The van der Waals surface area contributed by atoms with Crippen molar-refractivity contribution in [2.45, 2.75) is 26.0 Å². The van der Waals surface area contributed by atoms with Gasteiger partial charge in [-0.3, -0.25) is 9.52 Å². The third kappa shape index (κ3) is 6.20. The topological polar surface area (TPSA) is 116 Å². The van der Waals surface area contributed by atoms with Gasteiger partial charge in [-0.25, -0.2) is 13.2 Å². The molecule has 0 bridgehead atoms. The average molecular weight is 476 g/mol. The summed E-state index contributed by atoms with van der Waals surface area (Å²) in [5, 5.41) is 9.69. The quantitative estimate of drug-likeness (QED) is 0.451. The highest BCUT2D eigenvalue weighted by atomic mass is 32.2. The number of aromatic carboxylic acids is 1. The zero-order valence-corrected chi connectivity index (χ0v) is 18.2. The number of aromatic amines is 1. The fourth-order valence-corrected chi connectivity index (χ4v) is 3.67. The summed E-state index contributed by atoms with van der Waals surface area (Å²) in [5.74, 6) is -1.40. The number of benzene rings is 2. The van der Waals surface area contributed by atoms with Gasteiger partial charge in [-0.15, -0.1) is 0 Å². The summed E-state index contributed by atoms with van der Waals surface area (Å²) < 4.78 is 98.0. The van der Waals surface area contributed by atoms with Gasteiger partial charge in [-0.05, 0) is 58.0 Å². The van der Waals surface area contributed by atoms with Crippen molar-refractivity contribution in [3.05, 3.63) is 87.3 Å². The first-order chi connectivity index (χ1) is 19.1. The Bertz CT molecular complexity index is 1670. The number of carboxylic acids is 1. The lowest BCUT2D eigenvalue weighted by atomic mass is 9.84. The summed E-state index contributed by atoms with van der Waals surface area (Å²) in [7, 11) is -3.70. The monoisotopic (exact) mass is 475 g/mol. The molecule has 0 spiro atoms. The van der Waals surface area contributed by atoms with Crippen molar-refractivity contribution in [1.82, 2.24) is 4.98 Å². The number of H-pyrrole nitrogens is 1. The zero-order chi connectivity index (χ0) is 31.9. The number of sulfonamides is 1. The summed E-state index contributed by atoms with van der Waals surface area (Å²) in [6, 6.07) is 10.0. The maximum atomic E-state index is 12.6. The Morgan fingerprint density at radius 3 is 2.52 bits per heavy atom. The van der Waals surface area contributed by atoms with Gasteiger partial charge in [0.05, 0.1) is 11.8 Å². The van der Waals surface area contributed by atoms with E-state index in [1.54, 1.807) is 0 Å². The van der Waals surface area contributed by atoms with E-state index in [0.717, 1.165) is 24.5 Å². The smallest absolute Gasteiger partial charge is 0.336 e. The van der Waals surface area contributed by atoms with Gasteiger partial charge < -0.3 is 10.1 Å². The van der Waals surface area contributed by atoms with E-state index in [0.29, 0.717) is 0 Å². The minimum Gasteiger partial charge on any atom is -0.478 e. The van der Waals surface area contributed by atoms with Crippen LogP contribution in [0.2, 0.25) is 0 Å². The highest BCUT2D eigenvalue weighted by Gasteiger charge is 2.17. The first-order valence-corrected chi connectivity index (χ1v) is 11.3. The Hall–Kier alpha value is -3.65. The van der Waals surface area contributed by atoms with Crippen LogP contribution < -0.4 is 10.3 Å². The van der Waals surface area contributed by atoms with Gasteiger partial charge in [0, 0.05) is 29.8 Å². The van der Waals surface area contributed by atoms with E-state index in [2.05, 4.69) is 9.71 Å². The number of rotatable bonds is 6. The Morgan fingerprint density at radius 2 is 1.88 bits per heavy atom. The Balaban J connectivity index is 2.35. The number of pyridine rings is 1. The van der Waals surface area contributed by atoms with E-state index in [1.165, 1.54) is 48.7 Å². The number of aromatic nitrogens is 1.